The molecule has 2 aromatic carbocycles. The van der Waals surface area contributed by atoms with Crippen molar-refractivity contribution in [2.45, 2.75) is 37.8 Å². The normalized spacial score (nSPS) is 18.7. The lowest BCUT2D eigenvalue weighted by Crippen LogP contribution is -2.44. The molecule has 2 heterocycles. The summed E-state index contributed by atoms with van der Waals surface area (Å²) in [5.74, 6) is -0.616. The molecule has 0 saturated heterocycles. The first-order valence-electron chi connectivity index (χ1n) is 10.8. The highest BCUT2D eigenvalue weighted by molar-refractivity contribution is 5.76. The van der Waals surface area contributed by atoms with Gasteiger partial charge in [-0.1, -0.05) is 42.5 Å². The van der Waals surface area contributed by atoms with E-state index in [1.165, 1.54) is 9.13 Å². The van der Waals surface area contributed by atoms with Gasteiger partial charge in [0.2, 0.25) is 0 Å². The van der Waals surface area contributed by atoms with Crippen LogP contribution in [0.1, 0.15) is 31.7 Å². The van der Waals surface area contributed by atoms with Crippen LogP contribution < -0.4 is 17.0 Å². The average Bonchev–Trinajstić information content (AvgIpc) is 2.82. The Morgan fingerprint density at radius 3 is 2.38 bits per heavy atom. The zero-order valence-corrected chi connectivity index (χ0v) is 17.4. The Balaban J connectivity index is 1.76. The molecule has 2 aromatic heterocycles. The Morgan fingerprint density at radius 1 is 0.906 bits per heavy atom. The van der Waals surface area contributed by atoms with E-state index >= 15 is 0 Å². The highest BCUT2D eigenvalue weighted by Gasteiger charge is 2.26. The fourth-order valence-electron chi connectivity index (χ4n) is 4.55. The third kappa shape index (κ3) is 3.54. The smallest absolute Gasteiger partial charge is 0.328 e. The number of nitrogens with two attached hydrogens (primary N) is 1. The predicted molar refractivity (Wildman–Crippen MR) is 122 cm³/mol. The van der Waals surface area contributed by atoms with Gasteiger partial charge in [-0.25, -0.2) is 18.7 Å². The SMILES string of the molecule is NC1CCC(n2c(=O)c3cc(F)cnc3n(-c3cccc(-c4ccccc4)c3)c2=O)CC1. The fourth-order valence-corrected chi connectivity index (χ4v) is 4.55. The Bertz CT molecular complexity index is 1400. The number of rotatable bonds is 3. The zero-order chi connectivity index (χ0) is 22.2. The van der Waals surface area contributed by atoms with Crippen molar-refractivity contribution in [3.8, 4) is 16.8 Å². The van der Waals surface area contributed by atoms with Crippen molar-refractivity contribution in [2.75, 3.05) is 0 Å². The Morgan fingerprint density at radius 2 is 1.62 bits per heavy atom. The minimum absolute atomic E-state index is 0.0753. The molecule has 0 radical (unpaired) electrons. The van der Waals surface area contributed by atoms with Gasteiger partial charge in [0.15, 0.2) is 5.65 Å². The van der Waals surface area contributed by atoms with Gasteiger partial charge in [0.05, 0.1) is 17.3 Å². The van der Waals surface area contributed by atoms with Gasteiger partial charge in [-0.05, 0) is 55.0 Å². The molecule has 5 rings (SSSR count). The Hall–Kier alpha value is -3.58. The van der Waals surface area contributed by atoms with Crippen molar-refractivity contribution in [3.05, 3.63) is 93.5 Å². The van der Waals surface area contributed by atoms with Crippen molar-refractivity contribution in [3.63, 3.8) is 0 Å². The van der Waals surface area contributed by atoms with Crippen LogP contribution in [0.4, 0.5) is 4.39 Å². The number of nitrogens with zero attached hydrogens (tertiary/aromatic N) is 3. The molecule has 32 heavy (non-hydrogen) atoms. The maximum atomic E-state index is 14.0. The van der Waals surface area contributed by atoms with Gasteiger partial charge in [-0.2, -0.15) is 0 Å². The van der Waals surface area contributed by atoms with Crippen molar-refractivity contribution in [1.82, 2.24) is 14.1 Å². The van der Waals surface area contributed by atoms with Crippen molar-refractivity contribution < 1.29 is 4.39 Å². The van der Waals surface area contributed by atoms with Crippen molar-refractivity contribution in [1.29, 1.82) is 0 Å². The minimum atomic E-state index is -0.616. The number of benzene rings is 2. The minimum Gasteiger partial charge on any atom is -0.328 e. The molecule has 0 unspecified atom stereocenters. The van der Waals surface area contributed by atoms with Crippen LogP contribution in [0.3, 0.4) is 0 Å². The van der Waals surface area contributed by atoms with E-state index in [4.69, 9.17) is 5.73 Å². The summed E-state index contributed by atoms with van der Waals surface area (Å²) in [6.07, 6.45) is 3.77. The van der Waals surface area contributed by atoms with Gasteiger partial charge in [0.25, 0.3) is 5.56 Å². The lowest BCUT2D eigenvalue weighted by atomic mass is 9.91. The van der Waals surface area contributed by atoms with E-state index in [2.05, 4.69) is 4.98 Å². The summed E-state index contributed by atoms with van der Waals surface area (Å²) in [6, 6.07) is 18.3. The first kappa shape index (κ1) is 20.3. The molecule has 0 atom stereocenters. The molecule has 1 saturated carbocycles. The fraction of sp³-hybridized carbons (Fsp3) is 0.240. The van der Waals surface area contributed by atoms with Gasteiger partial charge in [0, 0.05) is 12.1 Å². The predicted octanol–water partition coefficient (Wildman–Crippen LogP) is 3.80. The summed E-state index contributed by atoms with van der Waals surface area (Å²) < 4.78 is 16.7. The first-order valence-corrected chi connectivity index (χ1v) is 10.8. The maximum Gasteiger partial charge on any atom is 0.337 e. The summed E-state index contributed by atoms with van der Waals surface area (Å²) in [7, 11) is 0. The molecule has 0 amide bonds. The van der Waals surface area contributed by atoms with Gasteiger partial charge < -0.3 is 5.73 Å². The van der Waals surface area contributed by atoms with Crippen LogP contribution >= 0.6 is 0 Å². The molecule has 0 aliphatic heterocycles. The van der Waals surface area contributed by atoms with E-state index in [0.717, 1.165) is 36.2 Å². The second-order valence-corrected chi connectivity index (χ2v) is 8.30. The number of pyridine rings is 1. The average molecular weight is 430 g/mol. The van der Waals surface area contributed by atoms with Crippen LogP contribution in [-0.4, -0.2) is 20.2 Å². The lowest BCUT2D eigenvalue weighted by molar-refractivity contribution is 0.309. The topological polar surface area (TPSA) is 82.9 Å². The molecular formula is C25H23FN4O2. The highest BCUT2D eigenvalue weighted by Crippen LogP contribution is 2.27. The van der Waals surface area contributed by atoms with E-state index in [-0.39, 0.29) is 23.1 Å². The highest BCUT2D eigenvalue weighted by atomic mass is 19.1. The van der Waals surface area contributed by atoms with E-state index < -0.39 is 17.1 Å². The van der Waals surface area contributed by atoms with E-state index in [9.17, 15) is 14.0 Å². The Labute approximate surface area is 183 Å². The molecule has 0 spiro atoms. The number of fused-ring (bicyclic) bond motifs is 1. The summed E-state index contributed by atoms with van der Waals surface area (Å²) >= 11 is 0. The van der Waals surface area contributed by atoms with Crippen LogP contribution in [-0.2, 0) is 0 Å². The second kappa shape index (κ2) is 8.16. The van der Waals surface area contributed by atoms with Crippen LogP contribution in [0, 0.1) is 5.82 Å². The number of halogens is 1. The summed E-state index contributed by atoms with van der Waals surface area (Å²) in [6.45, 7) is 0. The number of hydrogen-bond acceptors (Lipinski definition) is 4. The van der Waals surface area contributed by atoms with Gasteiger partial charge in [0.1, 0.15) is 5.82 Å². The molecule has 4 aromatic rings. The van der Waals surface area contributed by atoms with E-state index in [0.29, 0.717) is 18.5 Å². The van der Waals surface area contributed by atoms with Crippen LogP contribution in [0.5, 0.6) is 0 Å². The molecule has 1 fully saturated rings. The maximum absolute atomic E-state index is 14.0. The number of hydrogen-bond donors (Lipinski definition) is 1. The van der Waals surface area contributed by atoms with Crippen LogP contribution in [0.15, 0.2) is 76.4 Å². The molecule has 2 N–H and O–H groups in total. The summed E-state index contributed by atoms with van der Waals surface area (Å²) in [4.78, 5) is 31.1. The van der Waals surface area contributed by atoms with Crippen LogP contribution in [0.25, 0.3) is 27.8 Å². The first-order chi connectivity index (χ1) is 15.5. The summed E-state index contributed by atoms with van der Waals surface area (Å²) in [5.41, 5.74) is 7.69. The molecule has 1 aliphatic rings. The zero-order valence-electron chi connectivity index (χ0n) is 17.4. The number of aromatic nitrogens is 3. The molecule has 6 nitrogen and oxygen atoms in total. The molecular weight excluding hydrogens is 407 g/mol. The molecule has 1 aliphatic carbocycles. The monoisotopic (exact) mass is 430 g/mol. The third-order valence-corrected chi connectivity index (χ3v) is 6.21. The van der Waals surface area contributed by atoms with Gasteiger partial charge in [-0.3, -0.25) is 9.36 Å². The van der Waals surface area contributed by atoms with Crippen molar-refractivity contribution in [2.24, 2.45) is 5.73 Å². The molecule has 0 bridgehead atoms. The van der Waals surface area contributed by atoms with E-state index in [1.54, 1.807) is 6.07 Å². The summed E-state index contributed by atoms with van der Waals surface area (Å²) in [5, 5.41) is 0.0876. The Kier molecular flexibility index (Phi) is 5.19. The molecule has 162 valence electrons. The van der Waals surface area contributed by atoms with Crippen molar-refractivity contribution >= 4 is 11.0 Å². The second-order valence-electron chi connectivity index (χ2n) is 8.30. The van der Waals surface area contributed by atoms with Gasteiger partial charge in [-0.15, -0.1) is 0 Å². The quantitative estimate of drug-likeness (QED) is 0.536. The molecule has 7 heteroatoms. The standard InChI is InChI=1S/C25H23FN4O2/c26-18-14-22-23(28-15-18)29(21-8-4-7-17(13-21)16-5-2-1-3-6-16)25(32)30(24(22)31)20-11-9-19(27)10-12-20/h1-8,13-15,19-20H,9-12,27H2. The third-order valence-electron chi connectivity index (χ3n) is 6.21. The van der Waals surface area contributed by atoms with Crippen LogP contribution in [0.2, 0.25) is 0 Å². The van der Waals surface area contributed by atoms with E-state index in [1.807, 2.05) is 48.5 Å². The largest absolute Gasteiger partial charge is 0.337 e. The lowest BCUT2D eigenvalue weighted by Gasteiger charge is -2.28. The van der Waals surface area contributed by atoms with Gasteiger partial charge >= 0.3 is 5.69 Å².